The maximum Gasteiger partial charge on any atom is 0.258 e. The minimum Gasteiger partial charge on any atom is -0.477 e. The molecule has 0 atom stereocenters. The van der Waals surface area contributed by atoms with Crippen molar-refractivity contribution in [2.24, 2.45) is 0 Å². The summed E-state index contributed by atoms with van der Waals surface area (Å²) in [5, 5.41) is 5.54. The Morgan fingerprint density at radius 3 is 2.66 bits per heavy atom. The van der Waals surface area contributed by atoms with Gasteiger partial charge < -0.3 is 15.4 Å². The normalized spacial score (nSPS) is 10.5. The average molecular weight is 435 g/mol. The Bertz CT molecular complexity index is 1100. The fraction of sp³-hybridized carbons (Fsp3) is 0.240. The van der Waals surface area contributed by atoms with E-state index in [1.807, 2.05) is 6.07 Å². The molecule has 7 heteroatoms. The van der Waals surface area contributed by atoms with Crippen molar-refractivity contribution >= 4 is 17.5 Å². The van der Waals surface area contributed by atoms with E-state index >= 15 is 0 Å². The van der Waals surface area contributed by atoms with E-state index in [4.69, 9.17) is 4.74 Å². The van der Waals surface area contributed by atoms with Crippen molar-refractivity contribution in [1.29, 1.82) is 0 Å². The van der Waals surface area contributed by atoms with Gasteiger partial charge in [-0.1, -0.05) is 37.6 Å². The monoisotopic (exact) mass is 435 g/mol. The van der Waals surface area contributed by atoms with Crippen LogP contribution in [0.25, 0.3) is 0 Å². The lowest BCUT2D eigenvalue weighted by Crippen LogP contribution is -2.24. The topological polar surface area (TPSA) is 80.3 Å². The van der Waals surface area contributed by atoms with Crippen LogP contribution < -0.4 is 15.4 Å². The summed E-state index contributed by atoms with van der Waals surface area (Å²) in [4.78, 5) is 29.4. The molecule has 3 aromatic rings. The number of hydrogen-bond acceptors (Lipinski definition) is 4. The molecule has 166 valence electrons. The van der Waals surface area contributed by atoms with Crippen molar-refractivity contribution in [3.63, 3.8) is 0 Å². The predicted octanol–water partition coefficient (Wildman–Crippen LogP) is 4.89. The number of amides is 2. The molecule has 0 saturated carbocycles. The fourth-order valence-electron chi connectivity index (χ4n) is 3.01. The number of unbranched alkanes of at least 4 members (excludes halogenated alkanes) is 1. The fourth-order valence-corrected chi connectivity index (χ4v) is 3.01. The highest BCUT2D eigenvalue weighted by molar-refractivity contribution is 6.05. The van der Waals surface area contributed by atoms with Crippen LogP contribution in [-0.2, 0) is 6.54 Å². The zero-order valence-corrected chi connectivity index (χ0v) is 18.2. The first-order valence-corrected chi connectivity index (χ1v) is 10.5. The van der Waals surface area contributed by atoms with Crippen molar-refractivity contribution in [3.8, 4) is 5.88 Å². The summed E-state index contributed by atoms with van der Waals surface area (Å²) in [5.41, 5.74) is 2.28. The van der Waals surface area contributed by atoms with Gasteiger partial charge in [-0.25, -0.2) is 9.37 Å². The van der Waals surface area contributed by atoms with Gasteiger partial charge in [0.25, 0.3) is 11.8 Å². The lowest BCUT2D eigenvalue weighted by molar-refractivity contribution is 0.0949. The summed E-state index contributed by atoms with van der Waals surface area (Å²) in [6.45, 7) is 4.70. The first kappa shape index (κ1) is 22.9. The first-order chi connectivity index (χ1) is 15.5. The number of nitrogens with zero attached hydrogens (tertiary/aromatic N) is 1. The van der Waals surface area contributed by atoms with Gasteiger partial charge in [-0.15, -0.1) is 0 Å². The third kappa shape index (κ3) is 5.91. The molecule has 0 aliphatic carbocycles. The van der Waals surface area contributed by atoms with Crippen molar-refractivity contribution in [3.05, 3.63) is 88.9 Å². The number of benzene rings is 2. The molecule has 0 spiro atoms. The van der Waals surface area contributed by atoms with Crippen LogP contribution in [0.3, 0.4) is 0 Å². The molecule has 2 aromatic carbocycles. The number of carbonyl (C=O) groups is 2. The van der Waals surface area contributed by atoms with E-state index in [0.717, 1.165) is 24.0 Å². The van der Waals surface area contributed by atoms with E-state index in [2.05, 4.69) is 22.5 Å². The van der Waals surface area contributed by atoms with Crippen LogP contribution in [0, 0.1) is 12.7 Å². The summed E-state index contributed by atoms with van der Waals surface area (Å²) in [7, 11) is 0. The molecule has 0 fully saturated rings. The van der Waals surface area contributed by atoms with Crippen molar-refractivity contribution in [2.75, 3.05) is 11.9 Å². The molecular weight excluding hydrogens is 409 g/mol. The Kier molecular flexibility index (Phi) is 7.91. The summed E-state index contributed by atoms with van der Waals surface area (Å²) in [6, 6.07) is 14.4. The number of ether oxygens (including phenoxy) is 1. The minimum absolute atomic E-state index is 0.0612. The summed E-state index contributed by atoms with van der Waals surface area (Å²) in [5.74, 6) is -0.990. The molecule has 32 heavy (non-hydrogen) atoms. The zero-order chi connectivity index (χ0) is 22.9. The molecule has 1 aromatic heterocycles. The van der Waals surface area contributed by atoms with Gasteiger partial charge in [0.05, 0.1) is 12.2 Å². The number of pyridine rings is 1. The largest absolute Gasteiger partial charge is 0.477 e. The van der Waals surface area contributed by atoms with Crippen molar-refractivity contribution < 1.29 is 18.7 Å². The number of rotatable bonds is 9. The second-order valence-corrected chi connectivity index (χ2v) is 7.32. The highest BCUT2D eigenvalue weighted by Crippen LogP contribution is 2.20. The van der Waals surface area contributed by atoms with Crippen LogP contribution in [0.1, 0.15) is 51.6 Å². The van der Waals surface area contributed by atoms with Crippen LogP contribution in [0.2, 0.25) is 0 Å². The maximum absolute atomic E-state index is 13.9. The maximum atomic E-state index is 13.9. The lowest BCUT2D eigenvalue weighted by atomic mass is 10.1. The SMILES string of the molecule is CCCCOc1ncccc1CNC(=O)c1ccc(C)c(NC(=O)c2ccccc2F)c1. The van der Waals surface area contributed by atoms with Gasteiger partial charge in [-0.2, -0.15) is 0 Å². The zero-order valence-electron chi connectivity index (χ0n) is 18.2. The van der Waals surface area contributed by atoms with Gasteiger partial charge in [-0.3, -0.25) is 9.59 Å². The van der Waals surface area contributed by atoms with E-state index in [1.54, 1.807) is 43.5 Å². The standard InChI is InChI=1S/C25H26FN3O3/c1-3-4-14-32-25-19(8-7-13-27-25)16-28-23(30)18-12-11-17(2)22(15-18)29-24(31)20-9-5-6-10-21(20)26/h5-13,15H,3-4,14,16H2,1-2H3,(H,28,30)(H,29,31). The Morgan fingerprint density at radius 2 is 1.88 bits per heavy atom. The Labute approximate surface area is 186 Å². The van der Waals surface area contributed by atoms with Crippen molar-refractivity contribution in [1.82, 2.24) is 10.3 Å². The quantitative estimate of drug-likeness (QED) is 0.469. The molecule has 0 aliphatic heterocycles. The predicted molar refractivity (Wildman–Crippen MR) is 121 cm³/mol. The van der Waals surface area contributed by atoms with E-state index in [1.165, 1.54) is 18.2 Å². The molecule has 6 nitrogen and oxygen atoms in total. The minimum atomic E-state index is -0.606. The number of aryl methyl sites for hydroxylation is 1. The van der Waals surface area contributed by atoms with Gasteiger partial charge >= 0.3 is 0 Å². The van der Waals surface area contributed by atoms with Gasteiger partial charge in [-0.05, 0) is 49.2 Å². The average Bonchev–Trinajstić information content (AvgIpc) is 2.80. The number of anilines is 1. The molecule has 1 heterocycles. The van der Waals surface area contributed by atoms with E-state index in [9.17, 15) is 14.0 Å². The summed E-state index contributed by atoms with van der Waals surface area (Å²) < 4.78 is 19.6. The smallest absolute Gasteiger partial charge is 0.258 e. The van der Waals surface area contributed by atoms with Crippen LogP contribution in [0.4, 0.5) is 10.1 Å². The van der Waals surface area contributed by atoms with Crippen LogP contribution >= 0.6 is 0 Å². The van der Waals surface area contributed by atoms with E-state index in [-0.39, 0.29) is 18.0 Å². The molecule has 0 radical (unpaired) electrons. The third-order valence-corrected chi connectivity index (χ3v) is 4.89. The van der Waals surface area contributed by atoms with Gasteiger partial charge in [0, 0.05) is 29.6 Å². The molecule has 0 bridgehead atoms. The summed E-state index contributed by atoms with van der Waals surface area (Å²) >= 11 is 0. The number of aromatic nitrogens is 1. The van der Waals surface area contributed by atoms with E-state index in [0.29, 0.717) is 23.7 Å². The second-order valence-electron chi connectivity index (χ2n) is 7.32. The lowest BCUT2D eigenvalue weighted by Gasteiger charge is -2.13. The second kappa shape index (κ2) is 11.0. The number of hydrogen-bond donors (Lipinski definition) is 2. The first-order valence-electron chi connectivity index (χ1n) is 10.5. The van der Waals surface area contributed by atoms with Gasteiger partial charge in [0.2, 0.25) is 5.88 Å². The van der Waals surface area contributed by atoms with Crippen LogP contribution in [0.15, 0.2) is 60.8 Å². The summed E-state index contributed by atoms with van der Waals surface area (Å²) in [6.07, 6.45) is 3.59. The molecule has 0 aliphatic rings. The van der Waals surface area contributed by atoms with Crippen LogP contribution in [0.5, 0.6) is 5.88 Å². The van der Waals surface area contributed by atoms with E-state index < -0.39 is 11.7 Å². The number of nitrogens with one attached hydrogen (secondary N) is 2. The molecular formula is C25H26FN3O3. The molecule has 0 saturated heterocycles. The van der Waals surface area contributed by atoms with Crippen molar-refractivity contribution in [2.45, 2.75) is 33.2 Å². The third-order valence-electron chi connectivity index (χ3n) is 4.89. The molecule has 2 amide bonds. The molecule has 0 unspecified atom stereocenters. The van der Waals surface area contributed by atoms with Crippen LogP contribution in [-0.4, -0.2) is 23.4 Å². The Hall–Kier alpha value is -3.74. The Morgan fingerprint density at radius 1 is 1.06 bits per heavy atom. The highest BCUT2D eigenvalue weighted by Gasteiger charge is 2.15. The van der Waals surface area contributed by atoms with Gasteiger partial charge in [0.1, 0.15) is 5.82 Å². The number of carbonyl (C=O) groups excluding carboxylic acids is 2. The Balaban J connectivity index is 1.68. The highest BCUT2D eigenvalue weighted by atomic mass is 19.1. The van der Waals surface area contributed by atoms with Gasteiger partial charge in [0.15, 0.2) is 0 Å². The number of halogens is 1. The molecule has 3 rings (SSSR count). The molecule has 2 N–H and O–H groups in total.